The third-order valence-electron chi connectivity index (χ3n) is 4.99. The number of rotatable bonds is 27. The zero-order valence-corrected chi connectivity index (χ0v) is 23.7. The third-order valence-corrected chi connectivity index (χ3v) is 4.99. The van der Waals surface area contributed by atoms with Gasteiger partial charge in [0.05, 0.1) is 112 Å². The Morgan fingerprint density at radius 3 is 1.48 bits per heavy atom. The van der Waals surface area contributed by atoms with Gasteiger partial charge in [0.1, 0.15) is 18.1 Å². The van der Waals surface area contributed by atoms with Crippen molar-refractivity contribution in [3.63, 3.8) is 0 Å². The standard InChI is InChI=1S/C26H43N5O9/c1-23(32)22-40-18-17-39-16-15-38-14-13-37-12-11-36-10-9-35-8-7-34-6-5-33-4-3-31-21-26(29-30-31)25-19-27-24(2)28-20-25/h19-21H,3-18,22H2,1-2H3. The molecule has 40 heavy (non-hydrogen) atoms. The van der Waals surface area contributed by atoms with Crippen molar-refractivity contribution in [1.82, 2.24) is 25.0 Å². The van der Waals surface area contributed by atoms with Gasteiger partial charge in [-0.2, -0.15) is 0 Å². The minimum atomic E-state index is 0.00402. The van der Waals surface area contributed by atoms with Gasteiger partial charge in [0.2, 0.25) is 0 Å². The highest BCUT2D eigenvalue weighted by atomic mass is 16.6. The Balaban J connectivity index is 1.24. The van der Waals surface area contributed by atoms with Crippen LogP contribution in [-0.2, 0) is 49.2 Å². The van der Waals surface area contributed by atoms with E-state index in [9.17, 15) is 4.79 Å². The number of aromatic nitrogens is 5. The maximum atomic E-state index is 10.7. The van der Waals surface area contributed by atoms with Crippen molar-refractivity contribution in [1.29, 1.82) is 0 Å². The Bertz CT molecular complexity index is 886. The Morgan fingerprint density at radius 1 is 0.650 bits per heavy atom. The summed E-state index contributed by atoms with van der Waals surface area (Å²) in [6, 6.07) is 0. The second-order valence-corrected chi connectivity index (χ2v) is 8.43. The first-order chi connectivity index (χ1) is 19.6. The smallest absolute Gasteiger partial charge is 0.155 e. The molecule has 0 amide bonds. The van der Waals surface area contributed by atoms with E-state index >= 15 is 0 Å². The van der Waals surface area contributed by atoms with Gasteiger partial charge >= 0.3 is 0 Å². The number of hydrogen-bond acceptors (Lipinski definition) is 13. The topological polar surface area (TPSA) is 147 Å². The summed E-state index contributed by atoms with van der Waals surface area (Å²) in [6.45, 7) is 11.3. The number of hydrogen-bond donors (Lipinski definition) is 0. The molecule has 0 saturated heterocycles. The molecule has 2 aromatic heterocycles. The molecule has 0 saturated carbocycles. The Hall–Kier alpha value is -2.43. The molecule has 0 atom stereocenters. The van der Waals surface area contributed by atoms with E-state index in [2.05, 4.69) is 20.3 Å². The van der Waals surface area contributed by atoms with Crippen LogP contribution in [0.2, 0.25) is 0 Å². The van der Waals surface area contributed by atoms with Crippen molar-refractivity contribution >= 4 is 5.78 Å². The maximum absolute atomic E-state index is 10.7. The van der Waals surface area contributed by atoms with Crippen molar-refractivity contribution < 1.29 is 42.7 Å². The predicted molar refractivity (Wildman–Crippen MR) is 143 cm³/mol. The van der Waals surface area contributed by atoms with E-state index in [0.717, 1.165) is 17.1 Å². The average molecular weight is 570 g/mol. The van der Waals surface area contributed by atoms with Gasteiger partial charge in [-0.15, -0.1) is 5.10 Å². The number of ketones is 1. The fourth-order valence-electron chi connectivity index (χ4n) is 2.98. The van der Waals surface area contributed by atoms with E-state index in [1.54, 1.807) is 17.1 Å². The highest BCUT2D eigenvalue weighted by Gasteiger charge is 2.05. The lowest BCUT2D eigenvalue weighted by atomic mass is 10.3. The van der Waals surface area contributed by atoms with Crippen LogP contribution < -0.4 is 0 Å². The zero-order chi connectivity index (χ0) is 28.5. The van der Waals surface area contributed by atoms with Gasteiger partial charge in [-0.05, 0) is 13.8 Å². The fourth-order valence-corrected chi connectivity index (χ4v) is 2.98. The van der Waals surface area contributed by atoms with Crippen LogP contribution in [0.25, 0.3) is 11.3 Å². The van der Waals surface area contributed by atoms with Crippen LogP contribution in [0.1, 0.15) is 12.7 Å². The molecule has 0 N–H and O–H groups in total. The lowest BCUT2D eigenvalue weighted by Gasteiger charge is -2.08. The van der Waals surface area contributed by atoms with E-state index in [0.29, 0.717) is 106 Å². The molecular formula is C26H43N5O9. The van der Waals surface area contributed by atoms with Gasteiger partial charge in [0.25, 0.3) is 0 Å². The molecule has 0 aliphatic heterocycles. The van der Waals surface area contributed by atoms with Crippen LogP contribution in [0.4, 0.5) is 0 Å². The molecule has 0 radical (unpaired) electrons. The Kier molecular flexibility index (Phi) is 19.7. The predicted octanol–water partition coefficient (Wildman–Crippen LogP) is 0.765. The minimum Gasteiger partial charge on any atom is -0.377 e. The van der Waals surface area contributed by atoms with Crippen LogP contribution in [0.15, 0.2) is 18.6 Å². The molecule has 226 valence electrons. The second-order valence-electron chi connectivity index (χ2n) is 8.43. The summed E-state index contributed by atoms with van der Waals surface area (Å²) in [7, 11) is 0. The van der Waals surface area contributed by atoms with Crippen LogP contribution in [0, 0.1) is 6.92 Å². The van der Waals surface area contributed by atoms with Crippen molar-refractivity contribution in [2.24, 2.45) is 0 Å². The number of carbonyl (C=O) groups is 1. The van der Waals surface area contributed by atoms with Crippen molar-refractivity contribution in [3.05, 3.63) is 24.4 Å². The maximum Gasteiger partial charge on any atom is 0.155 e. The van der Waals surface area contributed by atoms with Gasteiger partial charge in [-0.1, -0.05) is 5.21 Å². The van der Waals surface area contributed by atoms with Crippen molar-refractivity contribution in [2.45, 2.75) is 20.4 Å². The summed E-state index contributed by atoms with van der Waals surface area (Å²) in [5.41, 5.74) is 1.56. The molecule has 0 spiro atoms. The summed E-state index contributed by atoms with van der Waals surface area (Å²) in [6.07, 6.45) is 5.31. The first-order valence-corrected chi connectivity index (χ1v) is 13.5. The van der Waals surface area contributed by atoms with E-state index in [4.69, 9.17) is 37.9 Å². The highest BCUT2D eigenvalue weighted by Crippen LogP contribution is 2.13. The van der Waals surface area contributed by atoms with E-state index in [-0.39, 0.29) is 12.4 Å². The van der Waals surface area contributed by atoms with Crippen molar-refractivity contribution in [2.75, 3.05) is 106 Å². The van der Waals surface area contributed by atoms with Gasteiger partial charge in [0, 0.05) is 18.0 Å². The molecule has 2 rings (SSSR count). The van der Waals surface area contributed by atoms with Gasteiger partial charge in [0.15, 0.2) is 5.78 Å². The lowest BCUT2D eigenvalue weighted by Crippen LogP contribution is -2.15. The normalized spacial score (nSPS) is 11.3. The molecular weight excluding hydrogens is 526 g/mol. The highest BCUT2D eigenvalue weighted by molar-refractivity contribution is 5.76. The Morgan fingerprint density at radius 2 is 1.05 bits per heavy atom. The number of nitrogens with zero attached hydrogens (tertiary/aromatic N) is 5. The van der Waals surface area contributed by atoms with Crippen LogP contribution in [0.3, 0.4) is 0 Å². The minimum absolute atomic E-state index is 0.00402. The molecule has 0 aliphatic carbocycles. The van der Waals surface area contributed by atoms with Gasteiger partial charge in [-0.3, -0.25) is 4.79 Å². The monoisotopic (exact) mass is 569 g/mol. The van der Waals surface area contributed by atoms with E-state index < -0.39 is 0 Å². The quantitative estimate of drug-likeness (QED) is 0.140. The molecule has 2 aromatic rings. The number of aryl methyl sites for hydroxylation is 1. The Labute approximate surface area is 235 Å². The summed E-state index contributed by atoms with van der Waals surface area (Å²) < 4.78 is 45.0. The van der Waals surface area contributed by atoms with Crippen LogP contribution in [0.5, 0.6) is 0 Å². The molecule has 2 heterocycles. The number of ether oxygens (including phenoxy) is 8. The summed E-state index contributed by atoms with van der Waals surface area (Å²) in [5, 5.41) is 8.23. The largest absolute Gasteiger partial charge is 0.377 e. The molecule has 14 nitrogen and oxygen atoms in total. The number of carbonyl (C=O) groups excluding carboxylic acids is 1. The molecule has 0 bridgehead atoms. The van der Waals surface area contributed by atoms with E-state index in [1.165, 1.54) is 6.92 Å². The average Bonchev–Trinajstić information content (AvgIpc) is 3.42. The summed E-state index contributed by atoms with van der Waals surface area (Å²) >= 11 is 0. The molecule has 0 unspecified atom stereocenters. The molecule has 0 fully saturated rings. The summed E-state index contributed by atoms with van der Waals surface area (Å²) in [5.74, 6) is 0.721. The zero-order valence-electron chi connectivity index (χ0n) is 23.7. The molecule has 0 aromatic carbocycles. The van der Waals surface area contributed by atoms with Crippen LogP contribution >= 0.6 is 0 Å². The van der Waals surface area contributed by atoms with Gasteiger partial charge < -0.3 is 37.9 Å². The summed E-state index contributed by atoms with van der Waals surface area (Å²) in [4.78, 5) is 19.0. The van der Waals surface area contributed by atoms with Gasteiger partial charge in [-0.25, -0.2) is 14.6 Å². The fraction of sp³-hybridized carbons (Fsp3) is 0.731. The molecule has 0 aliphatic rings. The van der Waals surface area contributed by atoms with Crippen LogP contribution in [-0.4, -0.2) is 136 Å². The molecule has 14 heteroatoms. The van der Waals surface area contributed by atoms with Crippen molar-refractivity contribution in [3.8, 4) is 11.3 Å². The SMILES string of the molecule is CC(=O)COCCOCCOCCOCCOCCOCCOCCOCCn1cc(-c2cnc(C)nc2)nn1. The number of Topliss-reactive ketones (excluding diaryl/α,β-unsaturated/α-hetero) is 1. The van der Waals surface area contributed by atoms with E-state index in [1.807, 2.05) is 13.1 Å². The third kappa shape index (κ3) is 18.0. The first kappa shape index (κ1) is 33.8. The second kappa shape index (κ2) is 23.3. The lowest BCUT2D eigenvalue weighted by molar-refractivity contribution is -0.122. The first-order valence-electron chi connectivity index (χ1n) is 13.5.